The predicted molar refractivity (Wildman–Crippen MR) is 80.3 cm³/mol. The van der Waals surface area contributed by atoms with Gasteiger partial charge in [-0.15, -0.1) is 0 Å². The second-order valence-corrected chi connectivity index (χ2v) is 5.05. The van der Waals surface area contributed by atoms with Crippen LogP contribution in [0.1, 0.15) is 11.1 Å². The minimum absolute atomic E-state index is 0.928. The second kappa shape index (κ2) is 6.55. The number of benzene rings is 1. The predicted octanol–water partition coefficient (Wildman–Crippen LogP) is 3.79. The fraction of sp³-hybridized carbons (Fsp3) is 0.267. The molecule has 1 heterocycles. The van der Waals surface area contributed by atoms with Crippen LogP contribution in [-0.4, -0.2) is 16.9 Å². The summed E-state index contributed by atoms with van der Waals surface area (Å²) in [5.74, 6) is 0. The maximum atomic E-state index is 4.16. The van der Waals surface area contributed by atoms with Crippen LogP contribution in [-0.2, 0) is 6.54 Å². The minimum atomic E-state index is 0.928. The normalized spacial score (nSPS) is 10.3. The monoisotopic (exact) mass is 304 g/mol. The summed E-state index contributed by atoms with van der Waals surface area (Å²) < 4.78 is 0. The van der Waals surface area contributed by atoms with Crippen molar-refractivity contribution in [3.63, 3.8) is 0 Å². The maximum Gasteiger partial charge on any atom is 0.0430 e. The molecule has 0 N–H and O–H groups in total. The van der Waals surface area contributed by atoms with Gasteiger partial charge in [-0.2, -0.15) is 0 Å². The molecule has 18 heavy (non-hydrogen) atoms. The van der Waals surface area contributed by atoms with Gasteiger partial charge in [0, 0.05) is 36.5 Å². The lowest BCUT2D eigenvalue weighted by molar-refractivity contribution is 0.834. The summed E-state index contributed by atoms with van der Waals surface area (Å²) in [6.45, 7) is 4.02. The number of aryl methyl sites for hydroxylation is 1. The van der Waals surface area contributed by atoms with E-state index >= 15 is 0 Å². The third-order valence-electron chi connectivity index (χ3n) is 2.90. The van der Waals surface area contributed by atoms with Crippen LogP contribution in [0, 0.1) is 6.92 Å². The molecule has 2 rings (SSSR count). The smallest absolute Gasteiger partial charge is 0.0430 e. The van der Waals surface area contributed by atoms with Crippen molar-refractivity contribution in [1.82, 2.24) is 4.98 Å². The Kier molecular flexibility index (Phi) is 4.76. The van der Waals surface area contributed by atoms with Crippen LogP contribution >= 0.6 is 15.9 Å². The lowest BCUT2D eigenvalue weighted by atomic mass is 10.2. The molecule has 0 spiro atoms. The summed E-state index contributed by atoms with van der Waals surface area (Å²) in [6.07, 6.45) is 3.77. The molecule has 2 aromatic rings. The molecule has 0 atom stereocenters. The number of aromatic nitrogens is 1. The summed E-state index contributed by atoms with van der Waals surface area (Å²) in [5.41, 5.74) is 3.80. The molecule has 3 heteroatoms. The van der Waals surface area contributed by atoms with Gasteiger partial charge in [-0.3, -0.25) is 4.98 Å². The molecule has 0 fully saturated rings. The fourth-order valence-corrected chi connectivity index (χ4v) is 2.44. The topological polar surface area (TPSA) is 16.1 Å². The Labute approximate surface area is 117 Å². The molecular weight excluding hydrogens is 288 g/mol. The zero-order chi connectivity index (χ0) is 12.8. The zero-order valence-electron chi connectivity index (χ0n) is 10.5. The van der Waals surface area contributed by atoms with E-state index in [9.17, 15) is 0 Å². The third kappa shape index (κ3) is 3.33. The van der Waals surface area contributed by atoms with Gasteiger partial charge in [0.1, 0.15) is 0 Å². The van der Waals surface area contributed by atoms with Gasteiger partial charge in [0.25, 0.3) is 0 Å². The van der Waals surface area contributed by atoms with Crippen molar-refractivity contribution in [3.8, 4) is 0 Å². The highest BCUT2D eigenvalue weighted by Crippen LogP contribution is 2.20. The van der Waals surface area contributed by atoms with Crippen molar-refractivity contribution in [2.45, 2.75) is 13.5 Å². The lowest BCUT2D eigenvalue weighted by Crippen LogP contribution is -2.25. The zero-order valence-corrected chi connectivity index (χ0v) is 12.1. The molecule has 94 valence electrons. The van der Waals surface area contributed by atoms with E-state index in [0.717, 1.165) is 18.4 Å². The molecule has 0 aliphatic carbocycles. The van der Waals surface area contributed by atoms with Gasteiger partial charge in [0.2, 0.25) is 0 Å². The average molecular weight is 305 g/mol. The van der Waals surface area contributed by atoms with Crippen LogP contribution in [0.2, 0.25) is 0 Å². The van der Waals surface area contributed by atoms with E-state index < -0.39 is 0 Å². The largest absolute Gasteiger partial charge is 0.366 e. The molecule has 0 aliphatic heterocycles. The standard InChI is InChI=1S/C15H17BrN2/c1-13-11-17-9-7-15(13)18(10-8-16)12-14-5-3-2-4-6-14/h2-7,9,11H,8,10,12H2,1H3. The first-order valence-electron chi connectivity index (χ1n) is 6.06. The van der Waals surface area contributed by atoms with E-state index in [4.69, 9.17) is 0 Å². The van der Waals surface area contributed by atoms with E-state index in [1.807, 2.05) is 12.4 Å². The first-order chi connectivity index (χ1) is 8.81. The summed E-state index contributed by atoms with van der Waals surface area (Å²) in [4.78, 5) is 6.53. The summed E-state index contributed by atoms with van der Waals surface area (Å²) in [6, 6.07) is 12.6. The van der Waals surface area contributed by atoms with Crippen molar-refractivity contribution in [1.29, 1.82) is 0 Å². The van der Waals surface area contributed by atoms with E-state index in [1.165, 1.54) is 16.8 Å². The number of hydrogen-bond donors (Lipinski definition) is 0. The van der Waals surface area contributed by atoms with Crippen LogP contribution in [0.5, 0.6) is 0 Å². The van der Waals surface area contributed by atoms with Gasteiger partial charge in [0.05, 0.1) is 0 Å². The van der Waals surface area contributed by atoms with Crippen molar-refractivity contribution in [3.05, 3.63) is 59.9 Å². The Morgan fingerprint density at radius 2 is 1.94 bits per heavy atom. The van der Waals surface area contributed by atoms with E-state index in [-0.39, 0.29) is 0 Å². The Bertz CT molecular complexity index is 485. The molecule has 0 saturated heterocycles. The Balaban J connectivity index is 2.21. The van der Waals surface area contributed by atoms with Gasteiger partial charge < -0.3 is 4.90 Å². The second-order valence-electron chi connectivity index (χ2n) is 4.26. The van der Waals surface area contributed by atoms with Crippen molar-refractivity contribution in [2.24, 2.45) is 0 Å². The van der Waals surface area contributed by atoms with Crippen molar-refractivity contribution in [2.75, 3.05) is 16.8 Å². The van der Waals surface area contributed by atoms with Crippen LogP contribution in [0.3, 0.4) is 0 Å². The molecule has 1 aromatic heterocycles. The molecular formula is C15H17BrN2. The number of halogens is 1. The molecule has 0 unspecified atom stereocenters. The molecule has 1 aromatic carbocycles. The number of rotatable bonds is 5. The van der Waals surface area contributed by atoms with E-state index in [0.29, 0.717) is 0 Å². The fourth-order valence-electron chi connectivity index (χ4n) is 2.01. The van der Waals surface area contributed by atoms with Crippen LogP contribution < -0.4 is 4.90 Å². The Hall–Kier alpha value is -1.35. The SMILES string of the molecule is Cc1cnccc1N(CCBr)Cc1ccccc1. The highest BCUT2D eigenvalue weighted by Gasteiger charge is 2.08. The van der Waals surface area contributed by atoms with Crippen molar-refractivity contribution >= 4 is 21.6 Å². The van der Waals surface area contributed by atoms with E-state index in [1.54, 1.807) is 0 Å². The molecule has 0 radical (unpaired) electrons. The molecule has 0 aliphatic rings. The van der Waals surface area contributed by atoms with Gasteiger partial charge in [0.15, 0.2) is 0 Å². The summed E-state index contributed by atoms with van der Waals surface area (Å²) in [7, 11) is 0. The number of anilines is 1. The lowest BCUT2D eigenvalue weighted by Gasteiger charge is -2.25. The number of pyridine rings is 1. The quantitative estimate of drug-likeness (QED) is 0.781. The number of hydrogen-bond acceptors (Lipinski definition) is 2. The molecule has 0 bridgehead atoms. The summed E-state index contributed by atoms with van der Waals surface area (Å²) in [5, 5.41) is 0.960. The average Bonchev–Trinajstić information content (AvgIpc) is 2.40. The van der Waals surface area contributed by atoms with Gasteiger partial charge in [-0.25, -0.2) is 0 Å². The molecule has 2 nitrogen and oxygen atoms in total. The Morgan fingerprint density at radius 3 is 2.61 bits per heavy atom. The highest BCUT2D eigenvalue weighted by molar-refractivity contribution is 9.09. The van der Waals surface area contributed by atoms with Gasteiger partial charge in [-0.1, -0.05) is 46.3 Å². The molecule has 0 saturated carbocycles. The maximum absolute atomic E-state index is 4.16. The number of alkyl halides is 1. The van der Waals surface area contributed by atoms with Crippen LogP contribution in [0.4, 0.5) is 5.69 Å². The van der Waals surface area contributed by atoms with Crippen LogP contribution in [0.25, 0.3) is 0 Å². The highest BCUT2D eigenvalue weighted by atomic mass is 79.9. The van der Waals surface area contributed by atoms with Crippen LogP contribution in [0.15, 0.2) is 48.8 Å². The first kappa shape index (κ1) is 13.1. The first-order valence-corrected chi connectivity index (χ1v) is 7.19. The van der Waals surface area contributed by atoms with Gasteiger partial charge in [-0.05, 0) is 24.1 Å². The Morgan fingerprint density at radius 1 is 1.17 bits per heavy atom. The number of nitrogens with zero attached hydrogens (tertiary/aromatic N) is 2. The molecule has 0 amide bonds. The minimum Gasteiger partial charge on any atom is -0.366 e. The summed E-state index contributed by atoms with van der Waals surface area (Å²) >= 11 is 3.53. The van der Waals surface area contributed by atoms with Gasteiger partial charge >= 0.3 is 0 Å². The van der Waals surface area contributed by atoms with Crippen molar-refractivity contribution < 1.29 is 0 Å². The van der Waals surface area contributed by atoms with E-state index in [2.05, 4.69) is 69.1 Å². The third-order valence-corrected chi connectivity index (χ3v) is 3.26.